The molecule has 2 atom stereocenters. The van der Waals surface area contributed by atoms with Crippen LogP contribution < -0.4 is 10.9 Å². The van der Waals surface area contributed by atoms with Crippen molar-refractivity contribution in [3.8, 4) is 11.4 Å². The highest BCUT2D eigenvalue weighted by molar-refractivity contribution is 5.93. The van der Waals surface area contributed by atoms with E-state index in [9.17, 15) is 19.1 Å². The van der Waals surface area contributed by atoms with Gasteiger partial charge in [-0.15, -0.1) is 0 Å². The normalized spacial score (nSPS) is 22.7. The zero-order valence-electron chi connectivity index (χ0n) is 18.7. The Balaban J connectivity index is 1.70. The third kappa shape index (κ3) is 2.48. The van der Waals surface area contributed by atoms with Gasteiger partial charge in [0.1, 0.15) is 12.4 Å². The van der Waals surface area contributed by atoms with E-state index in [0.29, 0.717) is 34.6 Å². The molecule has 33 heavy (non-hydrogen) atoms. The fourth-order valence-electron chi connectivity index (χ4n) is 5.84. The van der Waals surface area contributed by atoms with Gasteiger partial charge < -0.3 is 19.7 Å². The fourth-order valence-corrected chi connectivity index (χ4v) is 5.84. The average molecular weight is 449 g/mol. The molecule has 0 spiro atoms. The second-order valence-corrected chi connectivity index (χ2v) is 9.19. The summed E-state index contributed by atoms with van der Waals surface area (Å²) in [6.45, 7) is 3.65. The minimum atomic E-state index is -1.87. The average Bonchev–Trinajstić information content (AvgIpc) is 3.18. The van der Waals surface area contributed by atoms with E-state index in [-0.39, 0.29) is 36.0 Å². The van der Waals surface area contributed by atoms with Crippen LogP contribution in [0.5, 0.6) is 0 Å². The van der Waals surface area contributed by atoms with Crippen molar-refractivity contribution >= 4 is 16.9 Å². The lowest BCUT2D eigenvalue weighted by atomic mass is 9.81. The molecule has 1 aliphatic carbocycles. The number of aliphatic hydroxyl groups is 1. The first-order chi connectivity index (χ1) is 15.8. The molecule has 4 heterocycles. The monoisotopic (exact) mass is 449 g/mol. The number of aryl methyl sites for hydroxylation is 1. The van der Waals surface area contributed by atoms with Crippen LogP contribution in [0.25, 0.3) is 22.3 Å². The van der Waals surface area contributed by atoms with Crippen LogP contribution in [-0.4, -0.2) is 27.7 Å². The predicted molar refractivity (Wildman–Crippen MR) is 119 cm³/mol. The minimum Gasteiger partial charge on any atom is -0.458 e. The van der Waals surface area contributed by atoms with Crippen molar-refractivity contribution < 1.29 is 19.0 Å². The zero-order chi connectivity index (χ0) is 23.2. The van der Waals surface area contributed by atoms with Crippen molar-refractivity contribution in [2.75, 3.05) is 7.05 Å². The summed E-state index contributed by atoms with van der Waals surface area (Å²) in [5.74, 6) is -1.04. The number of hydrogen-bond donors (Lipinski definition) is 2. The first kappa shape index (κ1) is 20.5. The van der Waals surface area contributed by atoms with Crippen molar-refractivity contribution in [3.05, 3.63) is 61.7 Å². The number of benzene rings is 1. The summed E-state index contributed by atoms with van der Waals surface area (Å²) in [4.78, 5) is 30.7. The molecule has 1 aromatic carbocycles. The van der Waals surface area contributed by atoms with Gasteiger partial charge >= 0.3 is 5.97 Å². The van der Waals surface area contributed by atoms with Gasteiger partial charge in [0.15, 0.2) is 5.60 Å². The third-order valence-electron chi connectivity index (χ3n) is 7.73. The number of carbonyl (C=O) groups is 1. The van der Waals surface area contributed by atoms with Gasteiger partial charge in [0, 0.05) is 28.6 Å². The number of rotatable bonds is 2. The van der Waals surface area contributed by atoms with Gasteiger partial charge in [0.25, 0.3) is 5.56 Å². The van der Waals surface area contributed by atoms with Crippen LogP contribution >= 0.6 is 0 Å². The first-order valence-electron chi connectivity index (χ1n) is 11.3. The van der Waals surface area contributed by atoms with Crippen LogP contribution in [0.15, 0.2) is 16.9 Å². The summed E-state index contributed by atoms with van der Waals surface area (Å²) in [7, 11) is 1.90. The second kappa shape index (κ2) is 6.71. The maximum atomic E-state index is 14.8. The van der Waals surface area contributed by atoms with Crippen LogP contribution in [0, 0.1) is 12.7 Å². The molecule has 0 saturated carbocycles. The quantitative estimate of drug-likeness (QED) is 0.457. The summed E-state index contributed by atoms with van der Waals surface area (Å²) in [5.41, 5.74) is 3.71. The SMILES string of the molecule is CC[C@]1(O)C(=O)OCc2c1cc1n(c2=O)Cc2c-1nc1cc(F)c(C)c3c1c2[C@H](NC)CC3. The second-order valence-electron chi connectivity index (χ2n) is 9.19. The number of fused-ring (bicyclic) bond motifs is 5. The van der Waals surface area contributed by atoms with Crippen molar-refractivity contribution in [2.45, 2.75) is 57.9 Å². The highest BCUT2D eigenvalue weighted by Crippen LogP contribution is 2.45. The van der Waals surface area contributed by atoms with E-state index in [1.165, 1.54) is 6.07 Å². The lowest BCUT2D eigenvalue weighted by Crippen LogP contribution is -2.44. The van der Waals surface area contributed by atoms with Gasteiger partial charge in [0.05, 0.1) is 29.0 Å². The summed E-state index contributed by atoms with van der Waals surface area (Å²) in [6, 6.07) is 3.22. The van der Waals surface area contributed by atoms with Gasteiger partial charge in [-0.2, -0.15) is 0 Å². The van der Waals surface area contributed by atoms with Crippen molar-refractivity contribution in [3.63, 3.8) is 0 Å². The molecule has 2 aromatic heterocycles. The van der Waals surface area contributed by atoms with E-state index in [2.05, 4.69) is 5.32 Å². The zero-order valence-corrected chi connectivity index (χ0v) is 18.7. The van der Waals surface area contributed by atoms with E-state index >= 15 is 0 Å². The van der Waals surface area contributed by atoms with Crippen LogP contribution in [0.4, 0.5) is 4.39 Å². The van der Waals surface area contributed by atoms with Crippen molar-refractivity contribution in [1.82, 2.24) is 14.9 Å². The van der Waals surface area contributed by atoms with Gasteiger partial charge in [-0.25, -0.2) is 14.2 Å². The number of nitrogens with one attached hydrogen (secondary N) is 1. The number of nitrogens with zero attached hydrogens (tertiary/aromatic N) is 2. The molecule has 3 aromatic rings. The molecule has 0 fully saturated rings. The Morgan fingerprint density at radius 2 is 2.09 bits per heavy atom. The number of carbonyl (C=O) groups excluding carboxylic acids is 1. The summed E-state index contributed by atoms with van der Waals surface area (Å²) >= 11 is 0. The van der Waals surface area contributed by atoms with E-state index in [0.717, 1.165) is 34.9 Å². The Hall–Kier alpha value is -3.10. The molecule has 0 radical (unpaired) electrons. The number of hydrogen-bond acceptors (Lipinski definition) is 6. The highest BCUT2D eigenvalue weighted by Gasteiger charge is 2.45. The highest BCUT2D eigenvalue weighted by atomic mass is 19.1. The van der Waals surface area contributed by atoms with Gasteiger partial charge in [-0.3, -0.25) is 4.79 Å². The molecule has 0 saturated heterocycles. The molecule has 6 rings (SSSR count). The minimum absolute atomic E-state index is 0.0544. The molecular weight excluding hydrogens is 425 g/mol. The van der Waals surface area contributed by atoms with Gasteiger partial charge in [0.2, 0.25) is 0 Å². The number of halogens is 1. The van der Waals surface area contributed by atoms with Crippen molar-refractivity contribution in [2.24, 2.45) is 0 Å². The lowest BCUT2D eigenvalue weighted by molar-refractivity contribution is -0.172. The largest absolute Gasteiger partial charge is 0.458 e. The predicted octanol–water partition coefficient (Wildman–Crippen LogP) is 2.73. The number of pyridine rings is 2. The van der Waals surface area contributed by atoms with Gasteiger partial charge in [-0.05, 0) is 56.0 Å². The maximum absolute atomic E-state index is 14.8. The molecule has 2 aliphatic heterocycles. The Labute approximate surface area is 189 Å². The Kier molecular flexibility index (Phi) is 4.17. The van der Waals surface area contributed by atoms with Crippen LogP contribution in [0.3, 0.4) is 0 Å². The molecule has 8 heteroatoms. The lowest BCUT2D eigenvalue weighted by Gasteiger charge is -2.31. The molecule has 7 nitrogen and oxygen atoms in total. The molecule has 0 bridgehead atoms. The standard InChI is InChI=1S/C25H24FN3O4/c1-4-25(32)15-7-19-22-13(9-29(19)23(30)14(15)10-33-24(25)31)21-17(27-3)6-5-12-11(2)16(26)8-18(28-22)20(12)21/h7-8,17,27,32H,4-6,9-10H2,1-3H3/t17-,25-/m1/s1. The summed E-state index contributed by atoms with van der Waals surface area (Å²) < 4.78 is 21.5. The number of ether oxygens (including phenoxy) is 1. The molecule has 170 valence electrons. The molecule has 0 unspecified atom stereocenters. The van der Waals surface area contributed by atoms with E-state index in [1.807, 2.05) is 7.05 Å². The molecule has 2 N–H and O–H groups in total. The Bertz CT molecular complexity index is 1460. The van der Waals surface area contributed by atoms with E-state index in [1.54, 1.807) is 24.5 Å². The van der Waals surface area contributed by atoms with E-state index in [4.69, 9.17) is 9.72 Å². The number of esters is 1. The number of cyclic esters (lactones) is 1. The smallest absolute Gasteiger partial charge is 0.343 e. The fraction of sp³-hybridized carbons (Fsp3) is 0.400. The molecule has 0 amide bonds. The van der Waals surface area contributed by atoms with Crippen molar-refractivity contribution in [1.29, 1.82) is 0 Å². The maximum Gasteiger partial charge on any atom is 0.343 e. The number of aromatic nitrogens is 2. The van der Waals surface area contributed by atoms with E-state index < -0.39 is 11.6 Å². The third-order valence-corrected chi connectivity index (χ3v) is 7.73. The summed E-state index contributed by atoms with van der Waals surface area (Å²) in [5, 5.41) is 15.4. The first-order valence-corrected chi connectivity index (χ1v) is 11.3. The molecular formula is C25H24FN3O4. The Morgan fingerprint density at radius 1 is 1.30 bits per heavy atom. The van der Waals surface area contributed by atoms with Gasteiger partial charge in [-0.1, -0.05) is 6.92 Å². The van der Waals surface area contributed by atoms with Crippen LogP contribution in [0.1, 0.15) is 59.2 Å². The van der Waals surface area contributed by atoms with Crippen LogP contribution in [-0.2, 0) is 34.7 Å². The van der Waals surface area contributed by atoms with Crippen LogP contribution in [0.2, 0.25) is 0 Å². The topological polar surface area (TPSA) is 93.5 Å². The summed E-state index contributed by atoms with van der Waals surface area (Å²) in [6.07, 6.45) is 1.66. The Morgan fingerprint density at radius 3 is 2.82 bits per heavy atom. The molecule has 3 aliphatic rings.